The minimum atomic E-state index is -0.342. The summed E-state index contributed by atoms with van der Waals surface area (Å²) in [4.78, 5) is 22.5. The average Bonchev–Trinajstić information content (AvgIpc) is 2.43. The topological polar surface area (TPSA) is 52.6 Å². The number of benzene rings is 1. The van der Waals surface area contributed by atoms with E-state index in [1.807, 2.05) is 52.9 Å². The summed E-state index contributed by atoms with van der Waals surface area (Å²) in [5, 5.41) is 0. The molecule has 1 aromatic carbocycles. The van der Waals surface area contributed by atoms with Crippen LogP contribution >= 0.6 is 22.6 Å². The van der Waals surface area contributed by atoms with Gasteiger partial charge in [-0.1, -0.05) is 59.8 Å². The van der Waals surface area contributed by atoms with Gasteiger partial charge in [-0.05, 0) is 5.56 Å². The fraction of sp³-hybridized carbons (Fsp3) is 0.385. The second kappa shape index (κ2) is 8.07. The zero-order chi connectivity index (χ0) is 13.4. The molecule has 0 N–H and O–H groups in total. The lowest BCUT2D eigenvalue weighted by Gasteiger charge is -2.10. The van der Waals surface area contributed by atoms with E-state index in [2.05, 4.69) is 0 Å². The molecule has 0 aliphatic carbocycles. The fourth-order valence-electron chi connectivity index (χ4n) is 1.23. The van der Waals surface area contributed by atoms with Crippen molar-refractivity contribution in [2.45, 2.75) is 17.3 Å². The Bertz CT molecular complexity index is 391. The van der Waals surface area contributed by atoms with E-state index >= 15 is 0 Å². The zero-order valence-electron chi connectivity index (χ0n) is 10.1. The molecule has 0 saturated heterocycles. The summed E-state index contributed by atoms with van der Waals surface area (Å²) in [6.07, 6.45) is 0.326. The molecular weight excluding hydrogens is 347 g/mol. The highest BCUT2D eigenvalue weighted by Crippen LogP contribution is 2.24. The summed E-state index contributed by atoms with van der Waals surface area (Å²) in [5.41, 5.74) is 0.897. The van der Waals surface area contributed by atoms with Crippen molar-refractivity contribution in [3.8, 4) is 0 Å². The lowest BCUT2D eigenvalue weighted by atomic mass is 10.2. The number of rotatable bonds is 6. The minimum Gasteiger partial charge on any atom is -0.462 e. The highest BCUT2D eigenvalue weighted by Gasteiger charge is 2.18. The molecule has 0 heterocycles. The number of carbonyl (C=O) groups is 2. The number of esters is 2. The van der Waals surface area contributed by atoms with Gasteiger partial charge in [0.2, 0.25) is 0 Å². The number of ether oxygens (including phenoxy) is 2. The molecule has 98 valence electrons. The third-order valence-electron chi connectivity index (χ3n) is 2.18. The van der Waals surface area contributed by atoms with Crippen LogP contribution in [-0.4, -0.2) is 25.2 Å². The summed E-state index contributed by atoms with van der Waals surface area (Å²) >= 11 is 2.02. The van der Waals surface area contributed by atoms with Crippen molar-refractivity contribution in [3.05, 3.63) is 35.9 Å². The maximum Gasteiger partial charge on any atom is 0.323 e. The van der Waals surface area contributed by atoms with Crippen LogP contribution in [0.15, 0.2) is 30.3 Å². The summed E-state index contributed by atoms with van der Waals surface area (Å²) in [6.45, 7) is 1.91. The molecule has 0 aromatic heterocycles. The van der Waals surface area contributed by atoms with Crippen LogP contribution in [0.5, 0.6) is 0 Å². The molecular formula is C13H15IO4. The molecule has 4 nitrogen and oxygen atoms in total. The molecule has 0 aliphatic rings. The van der Waals surface area contributed by atoms with Crippen LogP contribution < -0.4 is 0 Å². The monoisotopic (exact) mass is 362 g/mol. The van der Waals surface area contributed by atoms with Crippen molar-refractivity contribution >= 4 is 34.5 Å². The van der Waals surface area contributed by atoms with Crippen LogP contribution in [0.25, 0.3) is 0 Å². The lowest BCUT2D eigenvalue weighted by molar-refractivity contribution is -0.151. The van der Waals surface area contributed by atoms with Crippen molar-refractivity contribution in [1.29, 1.82) is 0 Å². The number of carbonyl (C=O) groups excluding carboxylic acids is 2. The summed E-state index contributed by atoms with van der Waals surface area (Å²) in [5.74, 6) is -0.616. The Hall–Kier alpha value is -1.11. The maximum atomic E-state index is 11.7. The molecule has 1 unspecified atom stereocenters. The molecule has 0 radical (unpaired) electrons. The second-order valence-corrected chi connectivity index (χ2v) is 4.76. The summed E-state index contributed by atoms with van der Waals surface area (Å²) < 4.78 is 9.50. The van der Waals surface area contributed by atoms with Crippen LogP contribution in [-0.2, 0) is 19.1 Å². The predicted molar refractivity (Wildman–Crippen MR) is 75.4 cm³/mol. The molecule has 0 aliphatic heterocycles. The van der Waals surface area contributed by atoms with Crippen LogP contribution in [0, 0.1) is 0 Å². The normalized spacial score (nSPS) is 11.7. The van der Waals surface area contributed by atoms with Crippen LogP contribution in [0.1, 0.15) is 22.8 Å². The van der Waals surface area contributed by atoms with Crippen molar-refractivity contribution in [3.63, 3.8) is 0 Å². The van der Waals surface area contributed by atoms with Crippen molar-refractivity contribution in [2.24, 2.45) is 0 Å². The number of hydrogen-bond acceptors (Lipinski definition) is 4. The zero-order valence-corrected chi connectivity index (χ0v) is 12.3. The van der Waals surface area contributed by atoms with Gasteiger partial charge < -0.3 is 9.47 Å². The van der Waals surface area contributed by atoms with E-state index in [9.17, 15) is 9.59 Å². The van der Waals surface area contributed by atoms with E-state index in [0.717, 1.165) is 5.56 Å². The molecule has 0 spiro atoms. The van der Waals surface area contributed by atoms with Crippen molar-refractivity contribution in [1.82, 2.24) is 0 Å². The lowest BCUT2D eigenvalue weighted by Crippen LogP contribution is -2.16. The Balaban J connectivity index is 2.31. The molecule has 1 aromatic rings. The molecule has 1 rings (SSSR count). The molecule has 0 fully saturated rings. The Morgan fingerprint density at radius 1 is 1.17 bits per heavy atom. The number of halogens is 1. The van der Waals surface area contributed by atoms with Gasteiger partial charge in [0.05, 0.1) is 0 Å². The first-order valence-electron chi connectivity index (χ1n) is 5.66. The Labute approximate surface area is 120 Å². The van der Waals surface area contributed by atoms with Gasteiger partial charge in [-0.25, -0.2) is 0 Å². The van der Waals surface area contributed by atoms with Gasteiger partial charge in [-0.15, -0.1) is 0 Å². The quantitative estimate of drug-likeness (QED) is 0.338. The predicted octanol–water partition coefficient (Wildman–Crippen LogP) is 2.66. The van der Waals surface area contributed by atoms with Gasteiger partial charge in [0.1, 0.15) is 17.1 Å². The van der Waals surface area contributed by atoms with Gasteiger partial charge in [0.25, 0.3) is 0 Å². The van der Waals surface area contributed by atoms with E-state index in [1.54, 1.807) is 6.92 Å². The van der Waals surface area contributed by atoms with E-state index in [4.69, 9.17) is 9.47 Å². The van der Waals surface area contributed by atoms with Gasteiger partial charge in [-0.2, -0.15) is 0 Å². The summed E-state index contributed by atoms with van der Waals surface area (Å²) in [6, 6.07) is 9.38. The first kappa shape index (κ1) is 14.9. The standard InChI is InChI=1S/C13H15IO4/c1-2-11(15)17-8-9-18-13(16)12(14)10-6-4-3-5-7-10/h3-7,12H,2,8-9H2,1H3. The van der Waals surface area contributed by atoms with E-state index in [0.29, 0.717) is 6.42 Å². The van der Waals surface area contributed by atoms with Gasteiger partial charge in [-0.3, -0.25) is 9.59 Å². The largest absolute Gasteiger partial charge is 0.462 e. The first-order chi connectivity index (χ1) is 8.65. The van der Waals surface area contributed by atoms with Crippen LogP contribution in [0.4, 0.5) is 0 Å². The third-order valence-corrected chi connectivity index (χ3v) is 3.41. The molecule has 0 amide bonds. The number of hydrogen-bond donors (Lipinski definition) is 0. The second-order valence-electron chi connectivity index (χ2n) is 3.51. The number of alkyl halides is 1. The van der Waals surface area contributed by atoms with E-state index in [1.165, 1.54) is 0 Å². The van der Waals surface area contributed by atoms with Gasteiger partial charge >= 0.3 is 11.9 Å². The highest BCUT2D eigenvalue weighted by molar-refractivity contribution is 14.1. The first-order valence-corrected chi connectivity index (χ1v) is 6.91. The molecule has 18 heavy (non-hydrogen) atoms. The van der Waals surface area contributed by atoms with Gasteiger partial charge in [0.15, 0.2) is 0 Å². The highest BCUT2D eigenvalue weighted by atomic mass is 127. The third kappa shape index (κ3) is 5.03. The Morgan fingerprint density at radius 2 is 1.78 bits per heavy atom. The van der Waals surface area contributed by atoms with E-state index in [-0.39, 0.29) is 29.1 Å². The van der Waals surface area contributed by atoms with Crippen LogP contribution in [0.3, 0.4) is 0 Å². The van der Waals surface area contributed by atoms with Gasteiger partial charge in [0, 0.05) is 6.42 Å². The van der Waals surface area contributed by atoms with Crippen LogP contribution in [0.2, 0.25) is 0 Å². The molecule has 0 saturated carbocycles. The Kier molecular flexibility index (Phi) is 6.70. The fourth-order valence-corrected chi connectivity index (χ4v) is 1.83. The van der Waals surface area contributed by atoms with Crippen molar-refractivity contribution < 1.29 is 19.1 Å². The minimum absolute atomic E-state index is 0.0942. The Morgan fingerprint density at radius 3 is 2.39 bits per heavy atom. The molecule has 1 atom stereocenters. The molecule has 5 heteroatoms. The SMILES string of the molecule is CCC(=O)OCCOC(=O)C(I)c1ccccc1. The van der Waals surface area contributed by atoms with Crippen molar-refractivity contribution in [2.75, 3.05) is 13.2 Å². The average molecular weight is 362 g/mol. The smallest absolute Gasteiger partial charge is 0.323 e. The van der Waals surface area contributed by atoms with E-state index < -0.39 is 0 Å². The molecule has 0 bridgehead atoms. The maximum absolute atomic E-state index is 11.7. The summed E-state index contributed by atoms with van der Waals surface area (Å²) in [7, 11) is 0.